The lowest BCUT2D eigenvalue weighted by atomic mass is 10.2. The van der Waals surface area contributed by atoms with E-state index in [-0.39, 0.29) is 16.0 Å². The summed E-state index contributed by atoms with van der Waals surface area (Å²) in [5.41, 5.74) is -0.0627. The molecule has 2 aromatic rings. The Morgan fingerprint density at radius 1 is 0.905 bits per heavy atom. The molecule has 0 spiro atoms. The summed E-state index contributed by atoms with van der Waals surface area (Å²) < 4.78 is 24.5. The molecule has 0 atom stereocenters. The van der Waals surface area contributed by atoms with Gasteiger partial charge in [-0.2, -0.15) is 0 Å². The average molecular weight is 304 g/mol. The highest BCUT2D eigenvalue weighted by atomic mass is 32.2. The van der Waals surface area contributed by atoms with E-state index in [9.17, 15) is 18.0 Å². The Labute approximate surface area is 121 Å². The van der Waals surface area contributed by atoms with Crippen molar-refractivity contribution < 1.29 is 23.1 Å². The van der Waals surface area contributed by atoms with Crippen molar-refractivity contribution in [1.29, 1.82) is 0 Å². The molecule has 5 nitrogen and oxygen atoms in total. The Bertz CT molecular complexity index is 779. The van der Waals surface area contributed by atoms with Crippen LogP contribution in [-0.4, -0.2) is 31.0 Å². The van der Waals surface area contributed by atoms with E-state index in [0.29, 0.717) is 0 Å². The van der Waals surface area contributed by atoms with E-state index in [1.165, 1.54) is 36.4 Å². The van der Waals surface area contributed by atoms with Crippen molar-refractivity contribution in [3.05, 3.63) is 65.7 Å². The molecule has 0 bridgehead atoms. The summed E-state index contributed by atoms with van der Waals surface area (Å²) in [7, 11) is -4.01. The van der Waals surface area contributed by atoms with Crippen molar-refractivity contribution in [1.82, 2.24) is 0 Å². The molecule has 0 aliphatic heterocycles. The molecule has 1 N–H and O–H groups in total. The van der Waals surface area contributed by atoms with Crippen LogP contribution < -0.4 is 0 Å². The van der Waals surface area contributed by atoms with Gasteiger partial charge in [0.25, 0.3) is 0 Å². The van der Waals surface area contributed by atoms with Crippen molar-refractivity contribution in [2.24, 2.45) is 0 Å². The number of Topliss-reactive ketones (excluding diaryl/α,β-unsaturated/α-hetero) is 1. The van der Waals surface area contributed by atoms with Crippen LogP contribution in [0.3, 0.4) is 0 Å². The lowest BCUT2D eigenvalue weighted by Gasteiger charge is -2.07. The minimum Gasteiger partial charge on any atom is -0.478 e. The third kappa shape index (κ3) is 3.35. The second kappa shape index (κ2) is 5.88. The summed E-state index contributed by atoms with van der Waals surface area (Å²) in [6, 6.07) is 13.2. The van der Waals surface area contributed by atoms with Gasteiger partial charge in [-0.1, -0.05) is 42.5 Å². The number of benzene rings is 2. The first-order chi connectivity index (χ1) is 9.92. The number of carboxylic acids is 1. The zero-order valence-corrected chi connectivity index (χ0v) is 11.7. The zero-order valence-electron chi connectivity index (χ0n) is 10.9. The first-order valence-electron chi connectivity index (χ1n) is 6.05. The fourth-order valence-electron chi connectivity index (χ4n) is 1.87. The first-order valence-corrected chi connectivity index (χ1v) is 7.70. The van der Waals surface area contributed by atoms with Crippen molar-refractivity contribution in [2.75, 3.05) is 5.75 Å². The molecule has 0 aromatic heterocycles. The quantitative estimate of drug-likeness (QED) is 0.854. The number of carboxylic acid groups (broad SMARTS) is 1. The number of carbonyl (C=O) groups excluding carboxylic acids is 1. The molecule has 0 fully saturated rings. The largest absolute Gasteiger partial charge is 0.478 e. The molecule has 0 aliphatic rings. The van der Waals surface area contributed by atoms with Gasteiger partial charge in [0, 0.05) is 5.56 Å². The van der Waals surface area contributed by atoms with Crippen LogP contribution in [0.4, 0.5) is 0 Å². The minimum absolute atomic E-state index is 0.272. The number of carbonyl (C=O) groups is 2. The lowest BCUT2D eigenvalue weighted by Crippen LogP contribution is -2.18. The molecular weight excluding hydrogens is 292 g/mol. The number of rotatable bonds is 5. The van der Waals surface area contributed by atoms with Crippen LogP contribution in [-0.2, 0) is 9.84 Å². The molecule has 0 heterocycles. The van der Waals surface area contributed by atoms with E-state index in [1.54, 1.807) is 18.2 Å². The monoisotopic (exact) mass is 304 g/mol. The van der Waals surface area contributed by atoms with Gasteiger partial charge in [0.15, 0.2) is 15.6 Å². The minimum atomic E-state index is -4.01. The van der Waals surface area contributed by atoms with E-state index in [2.05, 4.69) is 0 Å². The molecule has 0 unspecified atom stereocenters. The number of aromatic carboxylic acids is 1. The van der Waals surface area contributed by atoms with Gasteiger partial charge in [-0.3, -0.25) is 4.79 Å². The van der Waals surface area contributed by atoms with Gasteiger partial charge >= 0.3 is 5.97 Å². The third-order valence-corrected chi connectivity index (χ3v) is 4.54. The van der Waals surface area contributed by atoms with Crippen LogP contribution in [0.15, 0.2) is 59.5 Å². The smallest absolute Gasteiger partial charge is 0.337 e. The summed E-state index contributed by atoms with van der Waals surface area (Å²) >= 11 is 0. The molecule has 0 aliphatic carbocycles. The molecule has 0 saturated carbocycles. The summed E-state index contributed by atoms with van der Waals surface area (Å²) in [5, 5.41) is 9.03. The Kier molecular flexibility index (Phi) is 4.18. The number of ketones is 1. The van der Waals surface area contributed by atoms with Gasteiger partial charge in [-0.15, -0.1) is 0 Å². The van der Waals surface area contributed by atoms with Gasteiger partial charge in [0.2, 0.25) is 0 Å². The van der Waals surface area contributed by atoms with Gasteiger partial charge in [-0.05, 0) is 12.1 Å². The Hall–Kier alpha value is -2.47. The predicted molar refractivity (Wildman–Crippen MR) is 76.2 cm³/mol. The van der Waals surface area contributed by atoms with Crippen molar-refractivity contribution in [2.45, 2.75) is 4.90 Å². The molecule has 2 rings (SSSR count). The standard InChI is InChI=1S/C15H12O5S/c16-13(11-6-2-1-3-7-11)10-21(19,20)14-9-5-4-8-12(14)15(17)18/h1-9H,10H2,(H,17,18). The normalized spacial score (nSPS) is 11.0. The van der Waals surface area contributed by atoms with Crippen LogP contribution in [0, 0.1) is 0 Å². The fourth-order valence-corrected chi connectivity index (χ4v) is 3.32. The molecule has 6 heteroatoms. The summed E-state index contributed by atoms with van der Waals surface area (Å²) in [5.74, 6) is -2.68. The Morgan fingerprint density at radius 2 is 1.48 bits per heavy atom. The van der Waals surface area contributed by atoms with Gasteiger partial charge in [0.1, 0.15) is 5.75 Å². The van der Waals surface area contributed by atoms with Crippen LogP contribution in [0.2, 0.25) is 0 Å². The number of sulfone groups is 1. The van der Waals surface area contributed by atoms with Gasteiger partial charge < -0.3 is 5.11 Å². The maximum Gasteiger partial charge on any atom is 0.337 e. The molecule has 21 heavy (non-hydrogen) atoms. The number of hydrogen-bond acceptors (Lipinski definition) is 4. The van der Waals surface area contributed by atoms with Gasteiger partial charge in [-0.25, -0.2) is 13.2 Å². The average Bonchev–Trinajstić information content (AvgIpc) is 2.47. The van der Waals surface area contributed by atoms with Crippen molar-refractivity contribution in [3.63, 3.8) is 0 Å². The summed E-state index contributed by atoms with van der Waals surface area (Å²) in [4.78, 5) is 22.7. The molecule has 0 saturated heterocycles. The molecular formula is C15H12O5S. The van der Waals surface area contributed by atoms with E-state index >= 15 is 0 Å². The Morgan fingerprint density at radius 3 is 2.10 bits per heavy atom. The van der Waals surface area contributed by atoms with Gasteiger partial charge in [0.05, 0.1) is 10.5 Å². The predicted octanol–water partition coefficient (Wildman–Crippen LogP) is 2.04. The van der Waals surface area contributed by atoms with E-state index in [0.717, 1.165) is 0 Å². The summed E-state index contributed by atoms with van der Waals surface area (Å²) in [6.07, 6.45) is 0. The lowest BCUT2D eigenvalue weighted by molar-refractivity contribution is 0.0692. The van der Waals surface area contributed by atoms with E-state index in [1.807, 2.05) is 0 Å². The summed E-state index contributed by atoms with van der Waals surface area (Å²) in [6.45, 7) is 0. The van der Waals surface area contributed by atoms with Crippen molar-refractivity contribution >= 4 is 21.6 Å². The van der Waals surface area contributed by atoms with Crippen LogP contribution in [0.1, 0.15) is 20.7 Å². The number of hydrogen-bond donors (Lipinski definition) is 1. The molecule has 2 aromatic carbocycles. The van der Waals surface area contributed by atoms with Crippen molar-refractivity contribution in [3.8, 4) is 0 Å². The van der Waals surface area contributed by atoms with Crippen LogP contribution in [0.25, 0.3) is 0 Å². The van der Waals surface area contributed by atoms with Crippen LogP contribution in [0.5, 0.6) is 0 Å². The third-order valence-electron chi connectivity index (χ3n) is 2.87. The highest BCUT2D eigenvalue weighted by Gasteiger charge is 2.25. The molecule has 0 amide bonds. The second-order valence-electron chi connectivity index (χ2n) is 4.35. The maximum atomic E-state index is 12.3. The Balaban J connectivity index is 2.36. The fraction of sp³-hybridized carbons (Fsp3) is 0.0667. The zero-order chi connectivity index (χ0) is 15.5. The molecule has 0 radical (unpaired) electrons. The topological polar surface area (TPSA) is 88.5 Å². The van der Waals surface area contributed by atoms with Crippen LogP contribution >= 0.6 is 0 Å². The van der Waals surface area contributed by atoms with E-state index in [4.69, 9.17) is 5.11 Å². The SMILES string of the molecule is O=C(CS(=O)(=O)c1ccccc1C(=O)O)c1ccccc1. The highest BCUT2D eigenvalue weighted by molar-refractivity contribution is 7.92. The maximum absolute atomic E-state index is 12.3. The molecule has 108 valence electrons. The first kappa shape index (κ1) is 14.9. The van der Waals surface area contributed by atoms with E-state index < -0.39 is 27.3 Å². The second-order valence-corrected chi connectivity index (χ2v) is 6.31. The highest BCUT2D eigenvalue weighted by Crippen LogP contribution is 2.18.